The second-order valence-electron chi connectivity index (χ2n) is 4.10. The summed E-state index contributed by atoms with van der Waals surface area (Å²) in [6, 6.07) is 5.74. The first kappa shape index (κ1) is 14.7. The molecule has 0 bridgehead atoms. The van der Waals surface area contributed by atoms with E-state index in [4.69, 9.17) is 5.73 Å². The van der Waals surface area contributed by atoms with E-state index >= 15 is 0 Å². The number of benzene rings is 1. The van der Waals surface area contributed by atoms with Gasteiger partial charge in [0, 0.05) is 18.2 Å². The maximum absolute atomic E-state index is 11.9. The molecule has 0 spiro atoms. The lowest BCUT2D eigenvalue weighted by Crippen LogP contribution is -2.43. The molecule has 102 valence electrons. The Balaban J connectivity index is 2.82. The molecule has 0 aliphatic heterocycles. The van der Waals surface area contributed by atoms with Crippen LogP contribution < -0.4 is 16.4 Å². The van der Waals surface area contributed by atoms with Crippen LogP contribution in [0.1, 0.15) is 30.6 Å². The van der Waals surface area contributed by atoms with Gasteiger partial charge in [-0.25, -0.2) is 0 Å². The SMILES string of the molecule is CC[C@@H](NC(=O)c1cccc(NC(C)=O)c1)C(N)=O. The normalized spacial score (nSPS) is 11.5. The molecule has 6 heteroatoms. The number of nitrogens with one attached hydrogen (secondary N) is 2. The molecule has 0 aliphatic rings. The average Bonchev–Trinajstić information content (AvgIpc) is 2.34. The van der Waals surface area contributed by atoms with E-state index in [9.17, 15) is 14.4 Å². The summed E-state index contributed by atoms with van der Waals surface area (Å²) in [6.07, 6.45) is 0.423. The van der Waals surface area contributed by atoms with Gasteiger partial charge in [-0.05, 0) is 24.6 Å². The third kappa shape index (κ3) is 4.42. The lowest BCUT2D eigenvalue weighted by Gasteiger charge is -2.13. The van der Waals surface area contributed by atoms with E-state index in [1.165, 1.54) is 13.0 Å². The minimum Gasteiger partial charge on any atom is -0.368 e. The quantitative estimate of drug-likeness (QED) is 0.726. The van der Waals surface area contributed by atoms with Crippen molar-refractivity contribution >= 4 is 23.4 Å². The second kappa shape index (κ2) is 6.53. The van der Waals surface area contributed by atoms with Crippen molar-refractivity contribution < 1.29 is 14.4 Å². The van der Waals surface area contributed by atoms with Crippen LogP contribution in [-0.4, -0.2) is 23.8 Å². The Kier molecular flexibility index (Phi) is 5.05. The van der Waals surface area contributed by atoms with Gasteiger partial charge in [-0.1, -0.05) is 13.0 Å². The van der Waals surface area contributed by atoms with Crippen LogP contribution in [0.2, 0.25) is 0 Å². The summed E-state index contributed by atoms with van der Waals surface area (Å²) in [7, 11) is 0. The fourth-order valence-electron chi connectivity index (χ4n) is 1.56. The summed E-state index contributed by atoms with van der Waals surface area (Å²) in [5.41, 5.74) is 6.03. The lowest BCUT2D eigenvalue weighted by atomic mass is 10.1. The summed E-state index contributed by atoms with van der Waals surface area (Å²) in [5, 5.41) is 5.12. The fraction of sp³-hybridized carbons (Fsp3) is 0.308. The molecule has 19 heavy (non-hydrogen) atoms. The van der Waals surface area contributed by atoms with Crippen molar-refractivity contribution in [3.05, 3.63) is 29.8 Å². The zero-order chi connectivity index (χ0) is 14.4. The molecule has 6 nitrogen and oxygen atoms in total. The number of hydrogen-bond donors (Lipinski definition) is 3. The Hall–Kier alpha value is -2.37. The summed E-state index contributed by atoms with van der Waals surface area (Å²) in [6.45, 7) is 3.14. The van der Waals surface area contributed by atoms with Gasteiger partial charge in [0.2, 0.25) is 11.8 Å². The molecule has 1 aromatic rings. The van der Waals surface area contributed by atoms with Gasteiger partial charge in [-0.3, -0.25) is 14.4 Å². The van der Waals surface area contributed by atoms with Crippen molar-refractivity contribution in [3.8, 4) is 0 Å². The Morgan fingerprint density at radius 1 is 1.32 bits per heavy atom. The predicted octanol–water partition coefficient (Wildman–Crippen LogP) is 0.639. The van der Waals surface area contributed by atoms with Crippen molar-refractivity contribution in [2.75, 3.05) is 5.32 Å². The highest BCUT2D eigenvalue weighted by Crippen LogP contribution is 2.10. The highest BCUT2D eigenvalue weighted by atomic mass is 16.2. The van der Waals surface area contributed by atoms with E-state index in [0.717, 1.165) is 0 Å². The third-order valence-corrected chi connectivity index (χ3v) is 2.50. The Labute approximate surface area is 111 Å². The van der Waals surface area contributed by atoms with Crippen molar-refractivity contribution in [1.29, 1.82) is 0 Å². The number of rotatable bonds is 5. The van der Waals surface area contributed by atoms with Gasteiger partial charge >= 0.3 is 0 Å². The van der Waals surface area contributed by atoms with E-state index in [-0.39, 0.29) is 5.91 Å². The molecule has 1 atom stereocenters. The number of carbonyl (C=O) groups is 3. The van der Waals surface area contributed by atoms with Gasteiger partial charge in [-0.2, -0.15) is 0 Å². The molecule has 0 saturated carbocycles. The molecule has 0 radical (unpaired) electrons. The lowest BCUT2D eigenvalue weighted by molar-refractivity contribution is -0.120. The molecule has 0 saturated heterocycles. The van der Waals surface area contributed by atoms with Crippen molar-refractivity contribution in [1.82, 2.24) is 5.32 Å². The molecule has 3 amide bonds. The molecule has 0 fully saturated rings. The summed E-state index contributed by atoms with van der Waals surface area (Å²) >= 11 is 0. The van der Waals surface area contributed by atoms with Gasteiger partial charge in [0.15, 0.2) is 0 Å². The van der Waals surface area contributed by atoms with E-state index in [1.807, 2.05) is 0 Å². The molecular weight excluding hydrogens is 246 g/mol. The largest absolute Gasteiger partial charge is 0.368 e. The smallest absolute Gasteiger partial charge is 0.252 e. The van der Waals surface area contributed by atoms with Crippen LogP contribution in [0.4, 0.5) is 5.69 Å². The van der Waals surface area contributed by atoms with E-state index in [2.05, 4.69) is 10.6 Å². The molecular formula is C13H17N3O3. The second-order valence-corrected chi connectivity index (χ2v) is 4.10. The zero-order valence-corrected chi connectivity index (χ0v) is 10.9. The molecule has 0 aromatic heterocycles. The van der Waals surface area contributed by atoms with Gasteiger partial charge in [0.1, 0.15) is 6.04 Å². The standard InChI is InChI=1S/C13H17N3O3/c1-3-11(12(14)18)16-13(19)9-5-4-6-10(7-9)15-8(2)17/h4-7,11H,3H2,1-2H3,(H2,14,18)(H,15,17)(H,16,19)/t11-/m1/s1. The predicted molar refractivity (Wildman–Crippen MR) is 71.5 cm³/mol. The maximum atomic E-state index is 11.9. The van der Waals surface area contributed by atoms with Crippen LogP contribution in [0.5, 0.6) is 0 Å². The maximum Gasteiger partial charge on any atom is 0.252 e. The highest BCUT2D eigenvalue weighted by Gasteiger charge is 2.16. The monoisotopic (exact) mass is 263 g/mol. The van der Waals surface area contributed by atoms with Crippen molar-refractivity contribution in [2.24, 2.45) is 5.73 Å². The number of primary amides is 1. The minimum atomic E-state index is -0.697. The van der Waals surface area contributed by atoms with Gasteiger partial charge < -0.3 is 16.4 Å². The molecule has 1 rings (SSSR count). The third-order valence-electron chi connectivity index (χ3n) is 2.50. The number of nitrogens with two attached hydrogens (primary N) is 1. The molecule has 0 aliphatic carbocycles. The first-order valence-corrected chi connectivity index (χ1v) is 5.92. The highest BCUT2D eigenvalue weighted by molar-refractivity contribution is 5.99. The van der Waals surface area contributed by atoms with E-state index < -0.39 is 17.9 Å². The van der Waals surface area contributed by atoms with Crippen LogP contribution >= 0.6 is 0 Å². The van der Waals surface area contributed by atoms with Crippen LogP contribution in [-0.2, 0) is 9.59 Å². The van der Waals surface area contributed by atoms with Crippen LogP contribution in [0, 0.1) is 0 Å². The Morgan fingerprint density at radius 2 is 2.00 bits per heavy atom. The summed E-state index contributed by atoms with van der Waals surface area (Å²) in [4.78, 5) is 33.9. The van der Waals surface area contributed by atoms with Crippen LogP contribution in [0.25, 0.3) is 0 Å². The molecule has 4 N–H and O–H groups in total. The molecule has 0 heterocycles. The fourth-order valence-corrected chi connectivity index (χ4v) is 1.56. The average molecular weight is 263 g/mol. The first-order valence-electron chi connectivity index (χ1n) is 5.92. The first-order chi connectivity index (χ1) is 8.93. The van der Waals surface area contributed by atoms with Crippen molar-refractivity contribution in [2.45, 2.75) is 26.3 Å². The minimum absolute atomic E-state index is 0.221. The molecule has 1 aromatic carbocycles. The zero-order valence-electron chi connectivity index (χ0n) is 10.9. The number of carbonyl (C=O) groups excluding carboxylic acids is 3. The van der Waals surface area contributed by atoms with E-state index in [0.29, 0.717) is 17.7 Å². The summed E-state index contributed by atoms with van der Waals surface area (Å²) in [5.74, 6) is -1.20. The van der Waals surface area contributed by atoms with E-state index in [1.54, 1.807) is 25.1 Å². The van der Waals surface area contributed by atoms with Crippen molar-refractivity contribution in [3.63, 3.8) is 0 Å². The Bertz CT molecular complexity index is 500. The van der Waals surface area contributed by atoms with Gasteiger partial charge in [-0.15, -0.1) is 0 Å². The van der Waals surface area contributed by atoms with Crippen LogP contribution in [0.3, 0.4) is 0 Å². The van der Waals surface area contributed by atoms with Gasteiger partial charge in [0.25, 0.3) is 5.91 Å². The number of amides is 3. The topological polar surface area (TPSA) is 101 Å². The number of anilines is 1. The van der Waals surface area contributed by atoms with Crippen LogP contribution in [0.15, 0.2) is 24.3 Å². The number of hydrogen-bond acceptors (Lipinski definition) is 3. The Morgan fingerprint density at radius 3 is 2.53 bits per heavy atom. The van der Waals surface area contributed by atoms with Gasteiger partial charge in [0.05, 0.1) is 0 Å². The summed E-state index contributed by atoms with van der Waals surface area (Å²) < 4.78 is 0. The molecule has 0 unspecified atom stereocenters.